The third-order valence-corrected chi connectivity index (χ3v) is 2.98. The molecule has 0 aliphatic carbocycles. The maximum Gasteiger partial charge on any atom is 0.244 e. The fourth-order valence-electron chi connectivity index (χ4n) is 1.92. The monoisotopic (exact) mass is 312 g/mol. The molecule has 0 bridgehead atoms. The molecule has 0 saturated carbocycles. The van der Waals surface area contributed by atoms with Crippen LogP contribution in [0.1, 0.15) is 19.4 Å². The minimum atomic E-state index is -0.138. The number of carbonyl (C=O) groups excluding carboxylic acids is 1. The minimum absolute atomic E-state index is 0.138. The van der Waals surface area contributed by atoms with Gasteiger partial charge < -0.3 is 14.8 Å². The smallest absolute Gasteiger partial charge is 0.244 e. The normalized spacial score (nSPS) is 9.87. The molecule has 1 N–H and O–H groups in total. The van der Waals surface area contributed by atoms with Crippen LogP contribution in [0, 0.1) is 0 Å². The number of carbonyl (C=O) groups is 1. The second-order valence-corrected chi connectivity index (χ2v) is 5.19. The highest BCUT2D eigenvalue weighted by Crippen LogP contribution is 2.26. The van der Waals surface area contributed by atoms with Gasteiger partial charge >= 0.3 is 0 Å². The fraction of sp³-hybridized carbons (Fsp3) is 0.222. The van der Waals surface area contributed by atoms with Crippen molar-refractivity contribution in [3.8, 4) is 17.4 Å². The van der Waals surface area contributed by atoms with Gasteiger partial charge in [-0.2, -0.15) is 0 Å². The third-order valence-electron chi connectivity index (χ3n) is 2.98. The predicted octanol–water partition coefficient (Wildman–Crippen LogP) is 3.46. The Morgan fingerprint density at radius 3 is 2.74 bits per heavy atom. The molecule has 2 rings (SSSR count). The first kappa shape index (κ1) is 16.5. The maximum atomic E-state index is 11.7. The summed E-state index contributed by atoms with van der Waals surface area (Å²) in [4.78, 5) is 16.0. The summed E-state index contributed by atoms with van der Waals surface area (Å²) in [6, 6.07) is 11.0. The van der Waals surface area contributed by atoms with Gasteiger partial charge in [-0.25, -0.2) is 4.98 Å². The first-order valence-corrected chi connectivity index (χ1v) is 7.27. The molecule has 0 fully saturated rings. The van der Waals surface area contributed by atoms with Crippen molar-refractivity contribution in [3.05, 3.63) is 59.8 Å². The van der Waals surface area contributed by atoms with E-state index < -0.39 is 0 Å². The molecule has 0 unspecified atom stereocenters. The van der Waals surface area contributed by atoms with Gasteiger partial charge in [-0.05, 0) is 32.0 Å². The Hall–Kier alpha value is -2.82. The molecule has 1 aromatic carbocycles. The summed E-state index contributed by atoms with van der Waals surface area (Å²) in [5, 5.41) is 2.82. The molecule has 0 atom stereocenters. The van der Waals surface area contributed by atoms with Gasteiger partial charge in [0.1, 0.15) is 11.5 Å². The zero-order chi connectivity index (χ0) is 16.7. The summed E-state index contributed by atoms with van der Waals surface area (Å²) in [7, 11) is 1.60. The molecule has 1 heterocycles. The van der Waals surface area contributed by atoms with Gasteiger partial charge in [0.25, 0.3) is 0 Å². The van der Waals surface area contributed by atoms with Crippen LogP contribution in [0.4, 0.5) is 0 Å². The van der Waals surface area contributed by atoms with Crippen LogP contribution < -0.4 is 14.8 Å². The Balaban J connectivity index is 2.11. The average Bonchev–Trinajstić information content (AvgIpc) is 2.53. The number of aromatic nitrogens is 1. The summed E-state index contributed by atoms with van der Waals surface area (Å²) >= 11 is 0. The number of amides is 1. The molecule has 23 heavy (non-hydrogen) atoms. The van der Waals surface area contributed by atoms with E-state index in [-0.39, 0.29) is 5.91 Å². The van der Waals surface area contributed by atoms with Crippen molar-refractivity contribution in [1.82, 2.24) is 10.3 Å². The highest BCUT2D eigenvalue weighted by molar-refractivity contribution is 5.88. The lowest BCUT2D eigenvalue weighted by Gasteiger charge is -2.11. The molecule has 0 saturated heterocycles. The number of benzene rings is 1. The molecule has 120 valence electrons. The van der Waals surface area contributed by atoms with Gasteiger partial charge in [-0.3, -0.25) is 4.79 Å². The van der Waals surface area contributed by atoms with E-state index in [1.54, 1.807) is 31.5 Å². The third kappa shape index (κ3) is 5.14. The van der Waals surface area contributed by atoms with E-state index in [1.165, 1.54) is 0 Å². The van der Waals surface area contributed by atoms with E-state index >= 15 is 0 Å². The summed E-state index contributed by atoms with van der Waals surface area (Å²) in [6.45, 7) is 4.09. The number of rotatable bonds is 6. The van der Waals surface area contributed by atoms with Gasteiger partial charge in [0.15, 0.2) is 0 Å². The van der Waals surface area contributed by atoms with Crippen molar-refractivity contribution in [2.45, 2.75) is 20.4 Å². The van der Waals surface area contributed by atoms with Crippen LogP contribution in [-0.4, -0.2) is 18.0 Å². The van der Waals surface area contributed by atoms with Crippen molar-refractivity contribution in [3.63, 3.8) is 0 Å². The van der Waals surface area contributed by atoms with Crippen LogP contribution in [-0.2, 0) is 11.3 Å². The Labute approximate surface area is 136 Å². The van der Waals surface area contributed by atoms with Crippen LogP contribution in [0.2, 0.25) is 0 Å². The lowest BCUT2D eigenvalue weighted by Crippen LogP contribution is -2.21. The number of nitrogens with zero attached hydrogens (tertiary/aromatic N) is 1. The molecule has 0 aliphatic rings. The largest absolute Gasteiger partial charge is 0.497 e. The van der Waals surface area contributed by atoms with Gasteiger partial charge in [0, 0.05) is 30.4 Å². The number of pyridine rings is 1. The molecule has 1 aromatic heterocycles. The quantitative estimate of drug-likeness (QED) is 0.830. The zero-order valence-corrected chi connectivity index (χ0v) is 13.5. The number of allylic oxidation sites excluding steroid dienone is 1. The Morgan fingerprint density at radius 2 is 2.00 bits per heavy atom. The van der Waals surface area contributed by atoms with Crippen LogP contribution in [0.3, 0.4) is 0 Å². The van der Waals surface area contributed by atoms with Crippen molar-refractivity contribution in [2.24, 2.45) is 0 Å². The summed E-state index contributed by atoms with van der Waals surface area (Å²) in [6.07, 6.45) is 3.20. The lowest BCUT2D eigenvalue weighted by molar-refractivity contribution is -0.116. The predicted molar refractivity (Wildman–Crippen MR) is 88.6 cm³/mol. The van der Waals surface area contributed by atoms with E-state index in [1.807, 2.05) is 38.1 Å². The number of hydrogen-bond donors (Lipinski definition) is 1. The molecule has 0 spiro atoms. The van der Waals surface area contributed by atoms with Crippen LogP contribution >= 0.6 is 0 Å². The molecular formula is C18H20N2O3. The van der Waals surface area contributed by atoms with Crippen molar-refractivity contribution >= 4 is 5.91 Å². The second kappa shape index (κ2) is 7.98. The number of hydrogen-bond acceptors (Lipinski definition) is 4. The highest BCUT2D eigenvalue weighted by Gasteiger charge is 2.08. The first-order valence-electron chi connectivity index (χ1n) is 7.27. The zero-order valence-electron chi connectivity index (χ0n) is 13.5. The van der Waals surface area contributed by atoms with Gasteiger partial charge in [-0.15, -0.1) is 0 Å². The summed E-state index contributed by atoms with van der Waals surface area (Å²) in [5.74, 6) is 1.65. The van der Waals surface area contributed by atoms with E-state index in [4.69, 9.17) is 9.47 Å². The number of ether oxygens (including phenoxy) is 2. The summed E-state index contributed by atoms with van der Waals surface area (Å²) in [5.41, 5.74) is 1.74. The fourth-order valence-corrected chi connectivity index (χ4v) is 1.92. The number of nitrogens with one attached hydrogen (secondary N) is 1. The molecule has 5 nitrogen and oxygen atoms in total. The minimum Gasteiger partial charge on any atom is -0.497 e. The van der Waals surface area contributed by atoms with Crippen molar-refractivity contribution in [2.75, 3.05) is 7.11 Å². The Morgan fingerprint density at radius 1 is 1.22 bits per heavy atom. The maximum absolute atomic E-state index is 11.7. The van der Waals surface area contributed by atoms with Gasteiger partial charge in [-0.1, -0.05) is 17.7 Å². The van der Waals surface area contributed by atoms with Crippen LogP contribution in [0.25, 0.3) is 0 Å². The highest BCUT2D eigenvalue weighted by atomic mass is 16.5. The molecule has 0 aliphatic heterocycles. The average molecular weight is 312 g/mol. The second-order valence-electron chi connectivity index (χ2n) is 5.19. The lowest BCUT2D eigenvalue weighted by atomic mass is 10.2. The summed E-state index contributed by atoms with van der Waals surface area (Å²) < 4.78 is 11.0. The number of methoxy groups -OCH3 is 1. The first-order chi connectivity index (χ1) is 11.1. The molecule has 0 radical (unpaired) electrons. The van der Waals surface area contributed by atoms with Crippen LogP contribution in [0.15, 0.2) is 54.2 Å². The molecular weight excluding hydrogens is 292 g/mol. The molecule has 1 amide bonds. The Bertz CT molecular complexity index is 707. The standard InChI is InChI=1S/C18H20N2O3/c1-13(2)10-17(21)20-12-14-6-5-9-19-18(14)23-16-8-4-7-15(11-16)22-3/h4-11H,12H2,1-3H3,(H,20,21). The Kier molecular flexibility index (Phi) is 5.74. The van der Waals surface area contributed by atoms with E-state index in [0.29, 0.717) is 23.9 Å². The van der Waals surface area contributed by atoms with Gasteiger partial charge in [0.05, 0.1) is 7.11 Å². The molecule has 5 heteroatoms. The van der Waals surface area contributed by atoms with E-state index in [2.05, 4.69) is 10.3 Å². The van der Waals surface area contributed by atoms with E-state index in [9.17, 15) is 4.79 Å². The van der Waals surface area contributed by atoms with E-state index in [0.717, 1.165) is 11.1 Å². The molecule has 2 aromatic rings. The van der Waals surface area contributed by atoms with Crippen molar-refractivity contribution < 1.29 is 14.3 Å². The van der Waals surface area contributed by atoms with Crippen molar-refractivity contribution in [1.29, 1.82) is 0 Å². The van der Waals surface area contributed by atoms with Gasteiger partial charge in [0.2, 0.25) is 11.8 Å². The SMILES string of the molecule is COc1cccc(Oc2ncccc2CNC(=O)C=C(C)C)c1. The van der Waals surface area contributed by atoms with Crippen LogP contribution in [0.5, 0.6) is 17.4 Å². The topological polar surface area (TPSA) is 60.5 Å².